The average Bonchev–Trinajstić information content (AvgIpc) is 3.15. The molecule has 1 unspecified atom stereocenters. The Labute approximate surface area is 177 Å². The minimum absolute atomic E-state index is 0.0402. The first kappa shape index (κ1) is 23.5. The maximum Gasteiger partial charge on any atom is 0.410 e. The van der Waals surface area contributed by atoms with E-state index in [2.05, 4.69) is 0 Å². The fourth-order valence-electron chi connectivity index (χ4n) is 2.50. The number of rotatable bonds is 7. The lowest BCUT2D eigenvalue weighted by molar-refractivity contribution is -0.156. The Balaban J connectivity index is 1.89. The fraction of sp³-hybridized carbons (Fsp3) is 0.591. The zero-order valence-electron chi connectivity index (χ0n) is 18.7. The molecule has 0 aliphatic carbocycles. The number of benzene rings is 1. The third kappa shape index (κ3) is 5.87. The van der Waals surface area contributed by atoms with Gasteiger partial charge in [0.15, 0.2) is 17.3 Å². The molecule has 1 aromatic carbocycles. The Hall–Kier alpha value is -2.77. The lowest BCUT2D eigenvalue weighted by Gasteiger charge is -2.28. The molecule has 0 radical (unpaired) electrons. The predicted molar refractivity (Wildman–Crippen MR) is 110 cm³/mol. The fourth-order valence-corrected chi connectivity index (χ4v) is 2.50. The smallest absolute Gasteiger partial charge is 0.410 e. The number of nitrogens with zero attached hydrogens (tertiary/aromatic N) is 1. The number of ketones is 1. The predicted octanol–water partition coefficient (Wildman–Crippen LogP) is 3.67. The monoisotopic (exact) mass is 421 g/mol. The van der Waals surface area contributed by atoms with Crippen LogP contribution >= 0.6 is 0 Å². The summed E-state index contributed by atoms with van der Waals surface area (Å²) in [5.74, 6) is 0.527. The van der Waals surface area contributed by atoms with E-state index in [1.54, 1.807) is 45.9 Å². The van der Waals surface area contributed by atoms with E-state index in [0.717, 1.165) is 0 Å². The number of carbonyl (C=O) groups is 3. The number of hydrogen-bond acceptors (Lipinski definition) is 7. The number of likely N-dealkylation sites (N-methyl/N-ethyl adjacent to an activating group) is 1. The first-order valence-electron chi connectivity index (χ1n) is 9.82. The van der Waals surface area contributed by atoms with Gasteiger partial charge in [-0.1, -0.05) is 13.8 Å². The molecule has 8 nitrogen and oxygen atoms in total. The molecule has 1 aromatic rings. The van der Waals surface area contributed by atoms with Crippen molar-refractivity contribution < 1.29 is 33.3 Å². The van der Waals surface area contributed by atoms with E-state index in [-0.39, 0.29) is 31.8 Å². The van der Waals surface area contributed by atoms with Crippen LogP contribution in [0.25, 0.3) is 0 Å². The summed E-state index contributed by atoms with van der Waals surface area (Å²) in [5.41, 5.74) is -0.750. The van der Waals surface area contributed by atoms with Gasteiger partial charge in [-0.15, -0.1) is 0 Å². The number of hydrogen-bond donors (Lipinski definition) is 0. The van der Waals surface area contributed by atoms with Crippen LogP contribution in [0.15, 0.2) is 18.2 Å². The van der Waals surface area contributed by atoms with Gasteiger partial charge in [-0.2, -0.15) is 0 Å². The second kappa shape index (κ2) is 8.93. The Morgan fingerprint density at radius 1 is 1.03 bits per heavy atom. The Kier molecular flexibility index (Phi) is 7.00. The summed E-state index contributed by atoms with van der Waals surface area (Å²) in [6, 6.07) is 4.17. The summed E-state index contributed by atoms with van der Waals surface area (Å²) in [6.45, 7) is 10.9. The summed E-state index contributed by atoms with van der Waals surface area (Å²) in [5, 5.41) is 0. The standard InChI is InChI=1S/C22H31NO7/c1-14(18(24)15-8-9-16-17(10-15)30-13-29-16)23(7)20(26)28-12-22(5,6)11-27-19(25)21(2,3)4/h8-10,14H,11-13H2,1-7H3. The van der Waals surface area contributed by atoms with E-state index >= 15 is 0 Å². The molecule has 1 amide bonds. The summed E-state index contributed by atoms with van der Waals surface area (Å²) in [7, 11) is 1.50. The van der Waals surface area contributed by atoms with Crippen LogP contribution in [0.5, 0.6) is 11.5 Å². The molecule has 30 heavy (non-hydrogen) atoms. The molecule has 2 rings (SSSR count). The van der Waals surface area contributed by atoms with Crippen LogP contribution in [0.2, 0.25) is 0 Å². The van der Waals surface area contributed by atoms with E-state index in [4.69, 9.17) is 18.9 Å². The highest BCUT2D eigenvalue weighted by Crippen LogP contribution is 2.33. The summed E-state index contributed by atoms with van der Waals surface area (Å²) < 4.78 is 21.2. The Bertz CT molecular complexity index is 810. The summed E-state index contributed by atoms with van der Waals surface area (Å²) in [4.78, 5) is 38.4. The molecular weight excluding hydrogens is 390 g/mol. The molecule has 0 spiro atoms. The van der Waals surface area contributed by atoms with Crippen LogP contribution in [0, 0.1) is 10.8 Å². The average molecular weight is 421 g/mol. The highest BCUT2D eigenvalue weighted by molar-refractivity contribution is 6.01. The number of fused-ring (bicyclic) bond motifs is 1. The molecule has 0 aromatic heterocycles. The van der Waals surface area contributed by atoms with Gasteiger partial charge >= 0.3 is 12.1 Å². The molecule has 1 aliphatic rings. The van der Waals surface area contributed by atoms with Crippen LogP contribution < -0.4 is 9.47 Å². The number of ether oxygens (including phenoxy) is 4. The second-order valence-corrected chi connectivity index (χ2v) is 9.26. The molecule has 1 aliphatic heterocycles. The van der Waals surface area contributed by atoms with Gasteiger partial charge in [0, 0.05) is 18.0 Å². The topological polar surface area (TPSA) is 91.4 Å². The molecule has 0 N–H and O–H groups in total. The van der Waals surface area contributed by atoms with Crippen LogP contribution in [-0.2, 0) is 14.3 Å². The van der Waals surface area contributed by atoms with Crippen molar-refractivity contribution in [3.8, 4) is 11.5 Å². The van der Waals surface area contributed by atoms with Gasteiger partial charge < -0.3 is 23.8 Å². The van der Waals surface area contributed by atoms with Gasteiger partial charge in [-0.25, -0.2) is 4.79 Å². The summed E-state index contributed by atoms with van der Waals surface area (Å²) >= 11 is 0. The highest BCUT2D eigenvalue weighted by Gasteiger charge is 2.30. The lowest BCUT2D eigenvalue weighted by Crippen LogP contribution is -2.42. The van der Waals surface area contributed by atoms with Crippen molar-refractivity contribution in [3.63, 3.8) is 0 Å². The number of amides is 1. The quantitative estimate of drug-likeness (QED) is 0.490. The van der Waals surface area contributed by atoms with Gasteiger partial charge in [-0.3, -0.25) is 9.59 Å². The van der Waals surface area contributed by atoms with Gasteiger partial charge in [0.1, 0.15) is 6.61 Å². The molecule has 1 heterocycles. The molecule has 0 fully saturated rings. The van der Waals surface area contributed by atoms with E-state index < -0.39 is 23.0 Å². The molecule has 0 saturated heterocycles. The van der Waals surface area contributed by atoms with E-state index in [1.807, 2.05) is 13.8 Å². The number of esters is 1. The molecule has 166 valence electrons. The number of Topliss-reactive ketones (excluding diaryl/α,β-unsaturated/α-hetero) is 1. The lowest BCUT2D eigenvalue weighted by atomic mass is 9.95. The normalized spacial score (nSPS) is 14.1. The maximum absolute atomic E-state index is 12.8. The third-order valence-corrected chi connectivity index (χ3v) is 4.70. The van der Waals surface area contributed by atoms with Crippen molar-refractivity contribution in [3.05, 3.63) is 23.8 Å². The van der Waals surface area contributed by atoms with Crippen LogP contribution in [0.3, 0.4) is 0 Å². The first-order chi connectivity index (χ1) is 13.8. The molecule has 1 atom stereocenters. The molecular formula is C22H31NO7. The third-order valence-electron chi connectivity index (χ3n) is 4.70. The largest absolute Gasteiger partial charge is 0.465 e. The van der Waals surface area contributed by atoms with Crippen molar-refractivity contribution in [2.45, 2.75) is 47.6 Å². The SMILES string of the molecule is CC(C(=O)c1ccc2c(c1)OCO2)N(C)C(=O)OCC(C)(C)COC(=O)C(C)(C)C. The van der Waals surface area contributed by atoms with Gasteiger partial charge in [0.25, 0.3) is 0 Å². The second-order valence-electron chi connectivity index (χ2n) is 9.26. The van der Waals surface area contributed by atoms with Crippen LogP contribution in [-0.4, -0.2) is 55.8 Å². The highest BCUT2D eigenvalue weighted by atomic mass is 16.7. The van der Waals surface area contributed by atoms with Gasteiger partial charge in [0.05, 0.1) is 18.1 Å². The molecule has 0 bridgehead atoms. The zero-order chi connectivity index (χ0) is 22.7. The molecule has 0 saturated carbocycles. The summed E-state index contributed by atoms with van der Waals surface area (Å²) in [6.07, 6.45) is -0.633. The minimum atomic E-state index is -0.736. The Morgan fingerprint density at radius 2 is 1.63 bits per heavy atom. The van der Waals surface area contributed by atoms with Crippen LogP contribution in [0.4, 0.5) is 4.79 Å². The van der Waals surface area contributed by atoms with E-state index in [9.17, 15) is 14.4 Å². The van der Waals surface area contributed by atoms with E-state index in [1.165, 1.54) is 11.9 Å². The van der Waals surface area contributed by atoms with Gasteiger partial charge in [0.2, 0.25) is 6.79 Å². The van der Waals surface area contributed by atoms with Crippen molar-refractivity contribution >= 4 is 17.8 Å². The van der Waals surface area contributed by atoms with Crippen LogP contribution in [0.1, 0.15) is 51.9 Å². The van der Waals surface area contributed by atoms with Crippen molar-refractivity contribution in [2.75, 3.05) is 27.1 Å². The number of carbonyl (C=O) groups excluding carboxylic acids is 3. The van der Waals surface area contributed by atoms with E-state index in [0.29, 0.717) is 17.1 Å². The zero-order valence-corrected chi connectivity index (χ0v) is 18.7. The van der Waals surface area contributed by atoms with Crippen molar-refractivity contribution in [2.24, 2.45) is 10.8 Å². The van der Waals surface area contributed by atoms with Crippen molar-refractivity contribution in [1.29, 1.82) is 0 Å². The first-order valence-corrected chi connectivity index (χ1v) is 9.82. The maximum atomic E-state index is 12.8. The van der Waals surface area contributed by atoms with Gasteiger partial charge in [-0.05, 0) is 45.9 Å². The minimum Gasteiger partial charge on any atom is -0.465 e. The van der Waals surface area contributed by atoms with Crippen molar-refractivity contribution in [1.82, 2.24) is 4.90 Å². The molecule has 8 heteroatoms. The Morgan fingerprint density at radius 3 is 2.27 bits per heavy atom.